The molecule has 0 amide bonds. The van der Waals surface area contributed by atoms with Crippen molar-refractivity contribution in [3.05, 3.63) is 33.9 Å². The standard InChI is InChI=1S/C11H14N2O3/c1-8-2-3-10(9(6-8)13(14)15)16-7-11(12)4-5-11/h2-3,6H,4-5,7,12H2,1H3. The van der Waals surface area contributed by atoms with Gasteiger partial charge in [-0.2, -0.15) is 0 Å². The summed E-state index contributed by atoms with van der Waals surface area (Å²) in [7, 11) is 0. The monoisotopic (exact) mass is 222 g/mol. The molecule has 1 aromatic carbocycles. The van der Waals surface area contributed by atoms with E-state index in [0.717, 1.165) is 18.4 Å². The van der Waals surface area contributed by atoms with Gasteiger partial charge >= 0.3 is 5.69 Å². The normalized spacial score (nSPS) is 16.9. The van der Waals surface area contributed by atoms with E-state index in [9.17, 15) is 10.1 Å². The van der Waals surface area contributed by atoms with Crippen LogP contribution in [-0.4, -0.2) is 17.1 Å². The van der Waals surface area contributed by atoms with Crippen LogP contribution in [0.4, 0.5) is 5.69 Å². The minimum absolute atomic E-state index is 0.00394. The lowest BCUT2D eigenvalue weighted by atomic mass is 10.2. The van der Waals surface area contributed by atoms with E-state index >= 15 is 0 Å². The van der Waals surface area contributed by atoms with Gasteiger partial charge in [0.2, 0.25) is 0 Å². The number of hydrogen-bond donors (Lipinski definition) is 1. The molecule has 16 heavy (non-hydrogen) atoms. The maximum absolute atomic E-state index is 10.8. The van der Waals surface area contributed by atoms with Crippen LogP contribution in [0.25, 0.3) is 0 Å². The molecule has 2 N–H and O–H groups in total. The van der Waals surface area contributed by atoms with Gasteiger partial charge in [-0.1, -0.05) is 6.07 Å². The van der Waals surface area contributed by atoms with Crippen molar-refractivity contribution in [2.45, 2.75) is 25.3 Å². The number of ether oxygens (including phenoxy) is 1. The summed E-state index contributed by atoms with van der Waals surface area (Å²) in [6, 6.07) is 4.92. The summed E-state index contributed by atoms with van der Waals surface area (Å²) in [5, 5.41) is 10.8. The molecule has 0 heterocycles. The average Bonchev–Trinajstić information content (AvgIpc) is 2.95. The molecule has 0 aromatic heterocycles. The minimum Gasteiger partial charge on any atom is -0.485 e. The number of nitro groups is 1. The molecule has 1 aliphatic rings. The fraction of sp³-hybridized carbons (Fsp3) is 0.455. The van der Waals surface area contributed by atoms with E-state index in [1.165, 1.54) is 6.07 Å². The van der Waals surface area contributed by atoms with Crippen molar-refractivity contribution in [2.75, 3.05) is 6.61 Å². The Morgan fingerprint density at radius 2 is 2.25 bits per heavy atom. The van der Waals surface area contributed by atoms with Gasteiger partial charge in [0, 0.05) is 6.07 Å². The average molecular weight is 222 g/mol. The Morgan fingerprint density at radius 3 is 2.81 bits per heavy atom. The molecule has 0 bridgehead atoms. The van der Waals surface area contributed by atoms with E-state index in [-0.39, 0.29) is 11.2 Å². The molecule has 86 valence electrons. The summed E-state index contributed by atoms with van der Waals surface area (Å²) in [6.07, 6.45) is 1.85. The molecule has 1 aromatic rings. The summed E-state index contributed by atoms with van der Waals surface area (Å²) >= 11 is 0. The van der Waals surface area contributed by atoms with Gasteiger partial charge in [0.05, 0.1) is 10.5 Å². The van der Waals surface area contributed by atoms with Crippen LogP contribution < -0.4 is 10.5 Å². The lowest BCUT2D eigenvalue weighted by Crippen LogP contribution is -2.29. The maximum Gasteiger partial charge on any atom is 0.311 e. The quantitative estimate of drug-likeness (QED) is 0.622. The summed E-state index contributed by atoms with van der Waals surface area (Å²) < 4.78 is 5.41. The Hall–Kier alpha value is -1.62. The fourth-order valence-electron chi connectivity index (χ4n) is 1.42. The lowest BCUT2D eigenvalue weighted by Gasteiger charge is -2.11. The first kappa shape index (κ1) is 10.9. The number of nitro benzene ring substituents is 1. The summed E-state index contributed by atoms with van der Waals surface area (Å²) in [5.41, 5.74) is 6.44. The van der Waals surface area contributed by atoms with Gasteiger partial charge in [-0.3, -0.25) is 10.1 Å². The van der Waals surface area contributed by atoms with Gasteiger partial charge < -0.3 is 10.5 Å². The molecule has 1 saturated carbocycles. The fourth-order valence-corrected chi connectivity index (χ4v) is 1.42. The van der Waals surface area contributed by atoms with Crippen LogP contribution in [0.2, 0.25) is 0 Å². The van der Waals surface area contributed by atoms with E-state index in [4.69, 9.17) is 10.5 Å². The number of benzene rings is 1. The van der Waals surface area contributed by atoms with Crippen molar-refractivity contribution >= 4 is 5.69 Å². The van der Waals surface area contributed by atoms with Gasteiger partial charge in [0.25, 0.3) is 0 Å². The third kappa shape index (κ3) is 2.30. The van der Waals surface area contributed by atoms with Crippen molar-refractivity contribution in [3.63, 3.8) is 0 Å². The second-order valence-corrected chi connectivity index (χ2v) is 4.38. The Morgan fingerprint density at radius 1 is 1.56 bits per heavy atom. The zero-order valence-corrected chi connectivity index (χ0v) is 9.10. The molecular formula is C11H14N2O3. The van der Waals surface area contributed by atoms with Crippen LogP contribution in [0.5, 0.6) is 5.75 Å². The van der Waals surface area contributed by atoms with Crippen LogP contribution >= 0.6 is 0 Å². The van der Waals surface area contributed by atoms with Crippen LogP contribution in [0.1, 0.15) is 18.4 Å². The van der Waals surface area contributed by atoms with E-state index in [1.54, 1.807) is 12.1 Å². The molecule has 5 nitrogen and oxygen atoms in total. The smallest absolute Gasteiger partial charge is 0.311 e. The second kappa shape index (κ2) is 3.75. The summed E-state index contributed by atoms with van der Waals surface area (Å²) in [5.74, 6) is 0.298. The topological polar surface area (TPSA) is 78.4 Å². The van der Waals surface area contributed by atoms with Crippen molar-refractivity contribution in [1.29, 1.82) is 0 Å². The lowest BCUT2D eigenvalue weighted by molar-refractivity contribution is -0.385. The Balaban J connectivity index is 2.15. The second-order valence-electron chi connectivity index (χ2n) is 4.38. The van der Waals surface area contributed by atoms with Crippen LogP contribution in [0.3, 0.4) is 0 Å². The molecule has 0 unspecified atom stereocenters. The first-order valence-corrected chi connectivity index (χ1v) is 5.17. The number of hydrogen-bond acceptors (Lipinski definition) is 4. The van der Waals surface area contributed by atoms with Gasteiger partial charge in [-0.05, 0) is 31.4 Å². The van der Waals surface area contributed by atoms with Crippen molar-refractivity contribution in [3.8, 4) is 5.75 Å². The molecule has 1 fully saturated rings. The number of nitrogens with two attached hydrogens (primary N) is 1. The molecule has 1 aliphatic carbocycles. The number of nitrogens with zero attached hydrogens (tertiary/aromatic N) is 1. The molecule has 0 radical (unpaired) electrons. The maximum atomic E-state index is 10.8. The molecule has 0 spiro atoms. The first-order valence-electron chi connectivity index (χ1n) is 5.17. The molecular weight excluding hydrogens is 208 g/mol. The Kier molecular flexibility index (Phi) is 2.55. The SMILES string of the molecule is Cc1ccc(OCC2(N)CC2)c([N+](=O)[O-])c1. The van der Waals surface area contributed by atoms with E-state index in [2.05, 4.69) is 0 Å². The highest BCUT2D eigenvalue weighted by Crippen LogP contribution is 2.34. The van der Waals surface area contributed by atoms with Gasteiger partial charge in [0.1, 0.15) is 6.61 Å². The Bertz CT molecular complexity index is 427. The largest absolute Gasteiger partial charge is 0.485 e. The number of rotatable bonds is 4. The van der Waals surface area contributed by atoms with Crippen molar-refractivity contribution in [2.24, 2.45) is 5.73 Å². The highest BCUT2D eigenvalue weighted by atomic mass is 16.6. The first-order chi connectivity index (χ1) is 7.50. The third-order valence-electron chi connectivity index (χ3n) is 2.72. The zero-order valence-electron chi connectivity index (χ0n) is 9.10. The van der Waals surface area contributed by atoms with Crippen molar-refractivity contribution in [1.82, 2.24) is 0 Å². The van der Waals surface area contributed by atoms with Crippen molar-refractivity contribution < 1.29 is 9.66 Å². The zero-order chi connectivity index (χ0) is 11.8. The minimum atomic E-state index is -0.432. The molecule has 0 saturated heterocycles. The molecule has 0 atom stereocenters. The van der Waals surface area contributed by atoms with Crippen LogP contribution in [-0.2, 0) is 0 Å². The van der Waals surface area contributed by atoms with E-state index in [1.807, 2.05) is 6.92 Å². The molecule has 2 rings (SSSR count). The predicted molar refractivity (Wildman–Crippen MR) is 59.5 cm³/mol. The summed E-state index contributed by atoms with van der Waals surface area (Å²) in [4.78, 5) is 10.4. The van der Waals surface area contributed by atoms with E-state index < -0.39 is 4.92 Å². The number of aryl methyl sites for hydroxylation is 1. The van der Waals surface area contributed by atoms with Crippen LogP contribution in [0, 0.1) is 17.0 Å². The van der Waals surface area contributed by atoms with Gasteiger partial charge in [-0.25, -0.2) is 0 Å². The predicted octanol–water partition coefficient (Wildman–Crippen LogP) is 1.77. The van der Waals surface area contributed by atoms with E-state index in [0.29, 0.717) is 12.4 Å². The van der Waals surface area contributed by atoms with Gasteiger partial charge in [-0.15, -0.1) is 0 Å². The highest BCUT2D eigenvalue weighted by Gasteiger charge is 2.39. The Labute approximate surface area is 93.4 Å². The molecule has 5 heteroatoms. The van der Waals surface area contributed by atoms with Gasteiger partial charge in [0.15, 0.2) is 5.75 Å². The highest BCUT2D eigenvalue weighted by molar-refractivity contribution is 5.48. The summed E-state index contributed by atoms with van der Waals surface area (Å²) in [6.45, 7) is 2.15. The molecule has 0 aliphatic heterocycles. The third-order valence-corrected chi connectivity index (χ3v) is 2.72. The van der Waals surface area contributed by atoms with Crippen LogP contribution in [0.15, 0.2) is 18.2 Å².